The van der Waals surface area contributed by atoms with Crippen molar-refractivity contribution < 1.29 is 17.9 Å². The fourth-order valence-electron chi connectivity index (χ4n) is 2.18. The zero-order valence-electron chi connectivity index (χ0n) is 12.2. The van der Waals surface area contributed by atoms with Crippen molar-refractivity contribution in [1.82, 2.24) is 9.62 Å². The summed E-state index contributed by atoms with van der Waals surface area (Å²) in [6.07, 6.45) is -0.158. The summed E-state index contributed by atoms with van der Waals surface area (Å²) in [7, 11) is -2.10. The molecule has 0 aliphatic carbocycles. The monoisotopic (exact) mass is 312 g/mol. The molecule has 1 heterocycles. The average molecular weight is 312 g/mol. The van der Waals surface area contributed by atoms with Crippen LogP contribution in [0.15, 0.2) is 29.2 Å². The van der Waals surface area contributed by atoms with Gasteiger partial charge in [-0.3, -0.25) is 4.79 Å². The molecule has 1 fully saturated rings. The summed E-state index contributed by atoms with van der Waals surface area (Å²) < 4.78 is 31.8. The predicted molar refractivity (Wildman–Crippen MR) is 78.9 cm³/mol. The van der Waals surface area contributed by atoms with Crippen molar-refractivity contribution in [2.24, 2.45) is 0 Å². The van der Waals surface area contributed by atoms with Gasteiger partial charge in [0, 0.05) is 32.2 Å². The Morgan fingerprint density at radius 3 is 2.86 bits per heavy atom. The van der Waals surface area contributed by atoms with Crippen molar-refractivity contribution in [2.45, 2.75) is 17.9 Å². The molecule has 1 N–H and O–H groups in total. The Morgan fingerprint density at radius 2 is 2.24 bits per heavy atom. The summed E-state index contributed by atoms with van der Waals surface area (Å²) in [5.41, 5.74) is 0.389. The normalized spacial score (nSPS) is 19.7. The first-order valence-electron chi connectivity index (χ1n) is 6.81. The second-order valence-electron chi connectivity index (χ2n) is 5.07. The first-order chi connectivity index (χ1) is 9.91. The number of hydrogen-bond acceptors (Lipinski definition) is 5. The van der Waals surface area contributed by atoms with Gasteiger partial charge in [-0.05, 0) is 19.1 Å². The van der Waals surface area contributed by atoms with E-state index in [0.717, 1.165) is 6.54 Å². The third-order valence-electron chi connectivity index (χ3n) is 3.41. The summed E-state index contributed by atoms with van der Waals surface area (Å²) in [5.74, 6) is -0.158. The number of carbonyl (C=O) groups is 1. The molecule has 0 spiro atoms. The highest BCUT2D eigenvalue weighted by atomic mass is 32.2. The van der Waals surface area contributed by atoms with Crippen LogP contribution in [0.1, 0.15) is 17.3 Å². The molecule has 6 nitrogen and oxygen atoms in total. The maximum Gasteiger partial charge on any atom is 0.242 e. The van der Waals surface area contributed by atoms with Crippen molar-refractivity contribution in [3.8, 4) is 0 Å². The molecule has 1 saturated heterocycles. The molecular formula is C14H20N2O4S. The van der Waals surface area contributed by atoms with E-state index < -0.39 is 10.0 Å². The minimum Gasteiger partial charge on any atom is -0.374 e. The smallest absolute Gasteiger partial charge is 0.242 e. The summed E-state index contributed by atoms with van der Waals surface area (Å²) in [6.45, 7) is 3.69. The molecule has 116 valence electrons. The maximum atomic E-state index is 12.5. The number of ketones is 1. The highest BCUT2D eigenvalue weighted by molar-refractivity contribution is 7.89. The van der Waals surface area contributed by atoms with Crippen molar-refractivity contribution in [3.63, 3.8) is 0 Å². The van der Waals surface area contributed by atoms with Crippen LogP contribution in [0, 0.1) is 0 Å². The van der Waals surface area contributed by atoms with E-state index in [-0.39, 0.29) is 23.3 Å². The number of carbonyl (C=O) groups excluding carboxylic acids is 1. The van der Waals surface area contributed by atoms with E-state index in [1.807, 2.05) is 0 Å². The van der Waals surface area contributed by atoms with Crippen LogP contribution in [0.3, 0.4) is 0 Å². The lowest BCUT2D eigenvalue weighted by molar-refractivity contribution is 0.0206. The van der Waals surface area contributed by atoms with Gasteiger partial charge in [-0.1, -0.05) is 12.1 Å². The maximum absolute atomic E-state index is 12.5. The van der Waals surface area contributed by atoms with E-state index in [0.29, 0.717) is 18.7 Å². The number of likely N-dealkylation sites (N-methyl/N-ethyl adjacent to an activating group) is 1. The molecule has 1 unspecified atom stereocenters. The molecule has 1 aromatic rings. The Hall–Kier alpha value is -1.28. The van der Waals surface area contributed by atoms with Crippen molar-refractivity contribution >= 4 is 15.8 Å². The quantitative estimate of drug-likeness (QED) is 0.801. The van der Waals surface area contributed by atoms with Gasteiger partial charge in [-0.25, -0.2) is 8.42 Å². The van der Waals surface area contributed by atoms with Crippen LogP contribution in [-0.4, -0.2) is 57.9 Å². The molecular weight excluding hydrogens is 292 g/mol. The van der Waals surface area contributed by atoms with Crippen molar-refractivity contribution in [2.75, 3.05) is 33.3 Å². The van der Waals surface area contributed by atoms with Crippen LogP contribution in [0.4, 0.5) is 0 Å². The molecule has 0 bridgehead atoms. The lowest BCUT2D eigenvalue weighted by Gasteiger charge is -2.27. The lowest BCUT2D eigenvalue weighted by Crippen LogP contribution is -2.45. The van der Waals surface area contributed by atoms with Gasteiger partial charge in [0.25, 0.3) is 0 Å². The molecule has 1 aromatic carbocycles. The second-order valence-corrected chi connectivity index (χ2v) is 7.11. The number of benzene rings is 1. The largest absolute Gasteiger partial charge is 0.374 e. The van der Waals surface area contributed by atoms with Crippen LogP contribution in [-0.2, 0) is 14.8 Å². The molecule has 0 saturated carbocycles. The van der Waals surface area contributed by atoms with Gasteiger partial charge in [0.15, 0.2) is 5.78 Å². The molecule has 7 heteroatoms. The van der Waals surface area contributed by atoms with Crippen molar-refractivity contribution in [1.29, 1.82) is 0 Å². The van der Waals surface area contributed by atoms with Crippen LogP contribution in [0.25, 0.3) is 0 Å². The Morgan fingerprint density at radius 1 is 1.48 bits per heavy atom. The van der Waals surface area contributed by atoms with E-state index in [1.54, 1.807) is 12.1 Å². The number of ether oxygens (including phenoxy) is 1. The highest BCUT2D eigenvalue weighted by Crippen LogP contribution is 2.17. The molecule has 1 atom stereocenters. The minimum atomic E-state index is -3.62. The SMILES string of the molecule is CC(=O)c1cccc(S(=O)(=O)N(C)CC2CNCCO2)c1. The van der Waals surface area contributed by atoms with Crippen LogP contribution in [0.2, 0.25) is 0 Å². The van der Waals surface area contributed by atoms with Gasteiger partial charge in [0.2, 0.25) is 10.0 Å². The van der Waals surface area contributed by atoms with Gasteiger partial charge >= 0.3 is 0 Å². The van der Waals surface area contributed by atoms with E-state index in [9.17, 15) is 13.2 Å². The van der Waals surface area contributed by atoms with Crippen LogP contribution < -0.4 is 5.32 Å². The molecule has 2 rings (SSSR count). The van der Waals surface area contributed by atoms with Gasteiger partial charge < -0.3 is 10.1 Å². The third-order valence-corrected chi connectivity index (χ3v) is 5.23. The number of nitrogens with zero attached hydrogens (tertiary/aromatic N) is 1. The number of nitrogens with one attached hydrogen (secondary N) is 1. The topological polar surface area (TPSA) is 75.7 Å². The van der Waals surface area contributed by atoms with Crippen LogP contribution >= 0.6 is 0 Å². The molecule has 21 heavy (non-hydrogen) atoms. The average Bonchev–Trinajstić information content (AvgIpc) is 2.48. The predicted octanol–water partition coefficient (Wildman–Crippen LogP) is 0.498. The fraction of sp³-hybridized carbons (Fsp3) is 0.500. The number of morpholine rings is 1. The van der Waals surface area contributed by atoms with Gasteiger partial charge in [0.05, 0.1) is 17.6 Å². The summed E-state index contributed by atoms with van der Waals surface area (Å²) in [4.78, 5) is 11.5. The third kappa shape index (κ3) is 3.88. The van der Waals surface area contributed by atoms with E-state index in [4.69, 9.17) is 4.74 Å². The summed E-state index contributed by atoms with van der Waals surface area (Å²) in [6, 6.07) is 6.10. The van der Waals surface area contributed by atoms with Gasteiger partial charge in [0.1, 0.15) is 0 Å². The second kappa shape index (κ2) is 6.65. The standard InChI is InChI=1S/C14H20N2O4S/c1-11(17)12-4-3-5-14(8-12)21(18,19)16(2)10-13-9-15-6-7-20-13/h3-5,8,13,15H,6-7,9-10H2,1-2H3. The molecule has 0 radical (unpaired) electrons. The van der Waals surface area contributed by atoms with E-state index in [2.05, 4.69) is 5.32 Å². The molecule has 0 aromatic heterocycles. The Balaban J connectivity index is 2.16. The molecule has 0 amide bonds. The number of Topliss-reactive ketones (excluding diaryl/α,β-unsaturated/α-hetero) is 1. The van der Waals surface area contributed by atoms with Crippen LogP contribution in [0.5, 0.6) is 0 Å². The van der Waals surface area contributed by atoms with Gasteiger partial charge in [-0.2, -0.15) is 4.31 Å². The van der Waals surface area contributed by atoms with Gasteiger partial charge in [-0.15, -0.1) is 0 Å². The zero-order chi connectivity index (χ0) is 15.5. The first-order valence-corrected chi connectivity index (χ1v) is 8.25. The number of sulfonamides is 1. The summed E-state index contributed by atoms with van der Waals surface area (Å²) >= 11 is 0. The minimum absolute atomic E-state index is 0.126. The first kappa shape index (κ1) is 16.1. The number of rotatable bonds is 5. The fourth-order valence-corrected chi connectivity index (χ4v) is 3.43. The Labute approximate surface area is 125 Å². The Kier molecular flexibility index (Phi) is 5.10. The van der Waals surface area contributed by atoms with E-state index >= 15 is 0 Å². The highest BCUT2D eigenvalue weighted by Gasteiger charge is 2.25. The lowest BCUT2D eigenvalue weighted by atomic mass is 10.2. The Bertz CT molecular complexity index is 609. The summed E-state index contributed by atoms with van der Waals surface area (Å²) in [5, 5.41) is 3.16. The van der Waals surface area contributed by atoms with Crippen molar-refractivity contribution in [3.05, 3.63) is 29.8 Å². The van der Waals surface area contributed by atoms with E-state index in [1.165, 1.54) is 30.4 Å². The molecule has 1 aliphatic rings. The zero-order valence-corrected chi connectivity index (χ0v) is 13.0. The molecule has 1 aliphatic heterocycles. The number of hydrogen-bond donors (Lipinski definition) is 1.